The molecule has 19 heavy (non-hydrogen) atoms. The standard InChI is InChI=1S/C15H15BrN2O/c16-14-8-6-13(7-9-14)15(19)18-17-11-10-12-4-2-1-3-5-12/h1-9,17H,10-11H2,(H,18,19). The van der Waals surface area contributed by atoms with E-state index in [2.05, 4.69) is 38.9 Å². The minimum absolute atomic E-state index is 0.124. The first kappa shape index (κ1) is 13.8. The lowest BCUT2D eigenvalue weighted by molar-refractivity contribution is 0.0933. The molecular weight excluding hydrogens is 304 g/mol. The van der Waals surface area contributed by atoms with Crippen LogP contribution in [-0.4, -0.2) is 12.5 Å². The van der Waals surface area contributed by atoms with Crippen LogP contribution in [0.1, 0.15) is 15.9 Å². The van der Waals surface area contributed by atoms with Gasteiger partial charge in [-0.05, 0) is 36.2 Å². The van der Waals surface area contributed by atoms with E-state index in [4.69, 9.17) is 0 Å². The van der Waals surface area contributed by atoms with Gasteiger partial charge in [0.15, 0.2) is 0 Å². The largest absolute Gasteiger partial charge is 0.287 e. The second kappa shape index (κ2) is 7.07. The van der Waals surface area contributed by atoms with Crippen LogP contribution in [0.3, 0.4) is 0 Å². The fourth-order valence-electron chi connectivity index (χ4n) is 1.67. The number of hydrogen-bond acceptors (Lipinski definition) is 2. The van der Waals surface area contributed by atoms with Crippen LogP contribution in [0.4, 0.5) is 0 Å². The van der Waals surface area contributed by atoms with Gasteiger partial charge in [-0.1, -0.05) is 46.3 Å². The van der Waals surface area contributed by atoms with Crippen molar-refractivity contribution in [3.05, 3.63) is 70.2 Å². The Morgan fingerprint density at radius 2 is 1.68 bits per heavy atom. The number of hydrogen-bond donors (Lipinski definition) is 2. The van der Waals surface area contributed by atoms with E-state index >= 15 is 0 Å². The monoisotopic (exact) mass is 318 g/mol. The van der Waals surface area contributed by atoms with Crippen molar-refractivity contribution in [2.24, 2.45) is 0 Å². The number of benzene rings is 2. The maximum Gasteiger partial charge on any atom is 0.265 e. The molecule has 0 aromatic heterocycles. The van der Waals surface area contributed by atoms with Crippen LogP contribution >= 0.6 is 15.9 Å². The topological polar surface area (TPSA) is 41.1 Å². The van der Waals surface area contributed by atoms with Crippen molar-refractivity contribution in [1.82, 2.24) is 10.9 Å². The fourth-order valence-corrected chi connectivity index (χ4v) is 1.93. The van der Waals surface area contributed by atoms with Crippen LogP contribution in [0.2, 0.25) is 0 Å². The second-order valence-corrected chi connectivity index (χ2v) is 5.04. The Labute approximate surface area is 121 Å². The van der Waals surface area contributed by atoms with Crippen LogP contribution in [-0.2, 0) is 6.42 Å². The lowest BCUT2D eigenvalue weighted by atomic mass is 10.2. The van der Waals surface area contributed by atoms with Gasteiger partial charge in [-0.2, -0.15) is 0 Å². The van der Waals surface area contributed by atoms with E-state index in [1.807, 2.05) is 30.3 Å². The predicted molar refractivity (Wildman–Crippen MR) is 79.8 cm³/mol. The molecule has 0 atom stereocenters. The van der Waals surface area contributed by atoms with Crippen LogP contribution in [0.25, 0.3) is 0 Å². The van der Waals surface area contributed by atoms with Gasteiger partial charge in [-0.25, -0.2) is 5.43 Å². The zero-order valence-corrected chi connectivity index (χ0v) is 12.0. The third kappa shape index (κ3) is 4.50. The van der Waals surface area contributed by atoms with Gasteiger partial charge >= 0.3 is 0 Å². The van der Waals surface area contributed by atoms with E-state index < -0.39 is 0 Å². The normalized spacial score (nSPS) is 10.2. The number of halogens is 1. The maximum absolute atomic E-state index is 11.8. The van der Waals surface area contributed by atoms with Crippen molar-refractivity contribution >= 4 is 21.8 Å². The van der Waals surface area contributed by atoms with Crippen molar-refractivity contribution in [2.45, 2.75) is 6.42 Å². The van der Waals surface area contributed by atoms with Crippen LogP contribution < -0.4 is 10.9 Å². The third-order valence-corrected chi connectivity index (χ3v) is 3.22. The first-order valence-corrected chi connectivity index (χ1v) is 6.88. The number of carbonyl (C=O) groups excluding carboxylic acids is 1. The lowest BCUT2D eigenvalue weighted by Gasteiger charge is -2.07. The molecule has 3 nitrogen and oxygen atoms in total. The highest BCUT2D eigenvalue weighted by molar-refractivity contribution is 9.10. The summed E-state index contributed by atoms with van der Waals surface area (Å²) in [6, 6.07) is 17.4. The number of carbonyl (C=O) groups is 1. The van der Waals surface area contributed by atoms with E-state index in [0.717, 1.165) is 10.9 Å². The van der Waals surface area contributed by atoms with Gasteiger partial charge in [-0.3, -0.25) is 10.2 Å². The van der Waals surface area contributed by atoms with Crippen molar-refractivity contribution in [2.75, 3.05) is 6.54 Å². The van der Waals surface area contributed by atoms with Crippen LogP contribution in [0.5, 0.6) is 0 Å². The summed E-state index contributed by atoms with van der Waals surface area (Å²) in [6.45, 7) is 0.701. The van der Waals surface area contributed by atoms with Crippen molar-refractivity contribution in [3.63, 3.8) is 0 Å². The first-order valence-electron chi connectivity index (χ1n) is 6.08. The highest BCUT2D eigenvalue weighted by Gasteiger charge is 2.03. The summed E-state index contributed by atoms with van der Waals surface area (Å²) in [5.74, 6) is -0.124. The highest BCUT2D eigenvalue weighted by atomic mass is 79.9. The Morgan fingerprint density at radius 1 is 1.00 bits per heavy atom. The molecule has 2 aromatic carbocycles. The van der Waals surface area contributed by atoms with Crippen LogP contribution in [0, 0.1) is 0 Å². The Kier molecular flexibility index (Phi) is 5.12. The van der Waals surface area contributed by atoms with Crippen molar-refractivity contribution < 1.29 is 4.79 Å². The van der Waals surface area contributed by atoms with Crippen LogP contribution in [0.15, 0.2) is 59.1 Å². The molecule has 0 aliphatic heterocycles. The molecule has 0 fully saturated rings. The molecule has 2 aromatic rings. The van der Waals surface area contributed by atoms with Gasteiger partial charge in [0.1, 0.15) is 0 Å². The summed E-state index contributed by atoms with van der Waals surface area (Å²) < 4.78 is 0.959. The third-order valence-electron chi connectivity index (χ3n) is 2.69. The molecule has 0 saturated carbocycles. The summed E-state index contributed by atoms with van der Waals surface area (Å²) >= 11 is 3.34. The Balaban J connectivity index is 1.74. The summed E-state index contributed by atoms with van der Waals surface area (Å²) in [4.78, 5) is 11.8. The molecule has 2 rings (SSSR count). The van der Waals surface area contributed by atoms with Gasteiger partial charge in [0.25, 0.3) is 5.91 Å². The number of nitrogens with one attached hydrogen (secondary N) is 2. The molecule has 0 aliphatic carbocycles. The molecule has 0 bridgehead atoms. The second-order valence-electron chi connectivity index (χ2n) is 4.12. The van der Waals surface area contributed by atoms with Gasteiger partial charge in [0.05, 0.1) is 0 Å². The van der Waals surface area contributed by atoms with Gasteiger partial charge in [0.2, 0.25) is 0 Å². The zero-order chi connectivity index (χ0) is 13.5. The van der Waals surface area contributed by atoms with Gasteiger partial charge < -0.3 is 0 Å². The molecule has 4 heteroatoms. The number of hydrazine groups is 1. The quantitative estimate of drug-likeness (QED) is 0.657. The van der Waals surface area contributed by atoms with Gasteiger partial charge in [-0.15, -0.1) is 0 Å². The molecule has 0 unspecified atom stereocenters. The Bertz CT molecular complexity index is 526. The van der Waals surface area contributed by atoms with Crippen molar-refractivity contribution in [1.29, 1.82) is 0 Å². The van der Waals surface area contributed by atoms with E-state index in [1.54, 1.807) is 12.1 Å². The minimum atomic E-state index is -0.124. The molecule has 0 radical (unpaired) electrons. The Morgan fingerprint density at radius 3 is 2.37 bits per heavy atom. The van der Waals surface area contributed by atoms with Crippen molar-refractivity contribution in [3.8, 4) is 0 Å². The Hall–Kier alpha value is -1.65. The molecule has 0 saturated heterocycles. The smallest absolute Gasteiger partial charge is 0.265 e. The van der Waals surface area contributed by atoms with E-state index in [9.17, 15) is 4.79 Å². The number of rotatable bonds is 5. The fraction of sp³-hybridized carbons (Fsp3) is 0.133. The van der Waals surface area contributed by atoms with E-state index in [1.165, 1.54) is 5.56 Å². The average Bonchev–Trinajstić information content (AvgIpc) is 2.45. The average molecular weight is 319 g/mol. The van der Waals surface area contributed by atoms with Gasteiger partial charge in [0, 0.05) is 16.6 Å². The summed E-state index contributed by atoms with van der Waals surface area (Å²) in [7, 11) is 0. The molecule has 0 heterocycles. The SMILES string of the molecule is O=C(NNCCc1ccccc1)c1ccc(Br)cc1. The van der Waals surface area contributed by atoms with E-state index in [-0.39, 0.29) is 5.91 Å². The first-order chi connectivity index (χ1) is 9.25. The zero-order valence-electron chi connectivity index (χ0n) is 10.4. The molecule has 98 valence electrons. The highest BCUT2D eigenvalue weighted by Crippen LogP contribution is 2.10. The summed E-state index contributed by atoms with van der Waals surface area (Å²) in [6.07, 6.45) is 0.876. The lowest BCUT2D eigenvalue weighted by Crippen LogP contribution is -2.38. The predicted octanol–water partition coefficient (Wildman–Crippen LogP) is 2.93. The molecule has 0 spiro atoms. The number of amides is 1. The molecule has 2 N–H and O–H groups in total. The molecular formula is C15H15BrN2O. The van der Waals surface area contributed by atoms with E-state index in [0.29, 0.717) is 12.1 Å². The molecule has 1 amide bonds. The molecule has 0 aliphatic rings. The maximum atomic E-state index is 11.8. The summed E-state index contributed by atoms with van der Waals surface area (Å²) in [5.41, 5.74) is 7.50. The summed E-state index contributed by atoms with van der Waals surface area (Å²) in [5, 5.41) is 0. The minimum Gasteiger partial charge on any atom is -0.287 e.